The number of terminal acetylenes is 1. The molecule has 1 aromatic rings. The van der Waals surface area contributed by atoms with Gasteiger partial charge in [0.1, 0.15) is 0 Å². The number of carbonyl (C=O) groups is 2. The zero-order valence-electron chi connectivity index (χ0n) is 9.53. The largest absolute Gasteiger partial charge is 0.341 e. The zero-order valence-corrected chi connectivity index (χ0v) is 11.7. The molecule has 0 radical (unpaired) electrons. The molecule has 2 amide bonds. The second kappa shape index (κ2) is 6.26. The Kier molecular flexibility index (Phi) is 4.97. The number of hydrogen-bond acceptors (Lipinski definition) is 4. The summed E-state index contributed by atoms with van der Waals surface area (Å²) in [7, 11) is 0. The molecule has 0 unspecified atom stereocenters. The average Bonchev–Trinajstić information content (AvgIpc) is 2.27. The van der Waals surface area contributed by atoms with Crippen LogP contribution in [0.5, 0.6) is 0 Å². The Morgan fingerprint density at radius 1 is 1.39 bits per heavy atom. The van der Waals surface area contributed by atoms with E-state index in [-0.39, 0.29) is 15.6 Å². The topological polar surface area (TPSA) is 80.3 Å². The summed E-state index contributed by atoms with van der Waals surface area (Å²) in [5.41, 5.74) is 0.372. The van der Waals surface area contributed by atoms with Crippen LogP contribution in [0.4, 0.5) is 0 Å². The SMILES string of the molecule is C#CCc1cccc(C(=O)NC(C)=O)c1I(=O)=O. The second-order valence-electron chi connectivity index (χ2n) is 3.39. The maximum Gasteiger partial charge on any atom is 0.341 e. The summed E-state index contributed by atoms with van der Waals surface area (Å²) in [4.78, 5) is 22.5. The molecule has 6 heteroatoms. The van der Waals surface area contributed by atoms with Crippen molar-refractivity contribution in [2.45, 2.75) is 13.3 Å². The third-order valence-electron chi connectivity index (χ3n) is 2.06. The normalized spacial score (nSPS) is 9.83. The lowest BCUT2D eigenvalue weighted by Crippen LogP contribution is -2.28. The van der Waals surface area contributed by atoms with Gasteiger partial charge in [-0.1, -0.05) is 12.1 Å². The maximum atomic E-state index is 11.7. The van der Waals surface area contributed by atoms with Crippen molar-refractivity contribution in [3.8, 4) is 12.3 Å². The van der Waals surface area contributed by atoms with Gasteiger partial charge in [0.05, 0.1) is 9.13 Å². The van der Waals surface area contributed by atoms with Crippen LogP contribution in [0.25, 0.3) is 0 Å². The van der Waals surface area contributed by atoms with Crippen molar-refractivity contribution in [3.05, 3.63) is 32.9 Å². The molecule has 94 valence electrons. The lowest BCUT2D eigenvalue weighted by atomic mass is 10.1. The van der Waals surface area contributed by atoms with E-state index in [2.05, 4.69) is 5.92 Å². The van der Waals surface area contributed by atoms with Crippen molar-refractivity contribution in [1.29, 1.82) is 0 Å². The quantitative estimate of drug-likeness (QED) is 0.655. The molecule has 0 fully saturated rings. The second-order valence-corrected chi connectivity index (χ2v) is 5.71. The fraction of sp³-hybridized carbons (Fsp3) is 0.167. The average molecular weight is 359 g/mol. The lowest BCUT2D eigenvalue weighted by Gasteiger charge is -2.06. The van der Waals surface area contributed by atoms with Gasteiger partial charge in [0.2, 0.25) is 5.91 Å². The fourth-order valence-electron chi connectivity index (χ4n) is 1.41. The van der Waals surface area contributed by atoms with Gasteiger partial charge in [0, 0.05) is 13.3 Å². The first-order chi connectivity index (χ1) is 8.47. The minimum Gasteiger partial charge on any atom is -0.293 e. The van der Waals surface area contributed by atoms with Gasteiger partial charge in [0.15, 0.2) is 0 Å². The third kappa shape index (κ3) is 3.37. The van der Waals surface area contributed by atoms with Gasteiger partial charge in [-0.2, -0.15) is 0 Å². The van der Waals surface area contributed by atoms with Crippen LogP contribution in [-0.2, 0) is 17.4 Å². The first-order valence-corrected chi connectivity index (χ1v) is 7.74. The Hall–Kier alpha value is -1.75. The molecule has 0 bridgehead atoms. The number of rotatable bonds is 3. The zero-order chi connectivity index (χ0) is 13.7. The van der Waals surface area contributed by atoms with Crippen LogP contribution in [0.3, 0.4) is 0 Å². The molecule has 0 saturated heterocycles. The Labute approximate surface area is 111 Å². The van der Waals surface area contributed by atoms with Crippen LogP contribution >= 0.6 is 19.8 Å². The lowest BCUT2D eigenvalue weighted by molar-refractivity contribution is -0.118. The third-order valence-corrected chi connectivity index (χ3v) is 4.21. The minimum absolute atomic E-state index is 0.0341. The number of hydrogen-bond donors (Lipinski definition) is 1. The standard InChI is InChI=1S/C12H10INO4/c1-3-5-9-6-4-7-10(11(9)13(17)18)12(16)14-8(2)15/h1,4,6-7H,5H2,2H3,(H,14,15,16). The van der Waals surface area contributed by atoms with Gasteiger partial charge in [-0.15, -0.1) is 12.3 Å². The van der Waals surface area contributed by atoms with Crippen LogP contribution < -0.4 is 5.32 Å². The summed E-state index contributed by atoms with van der Waals surface area (Å²) < 4.78 is 22.6. The van der Waals surface area contributed by atoms with E-state index < -0.39 is 31.6 Å². The van der Waals surface area contributed by atoms with E-state index in [1.54, 1.807) is 6.07 Å². The van der Waals surface area contributed by atoms with Crippen LogP contribution in [0.2, 0.25) is 0 Å². The highest BCUT2D eigenvalue weighted by Crippen LogP contribution is 2.26. The number of benzene rings is 1. The predicted molar refractivity (Wildman–Crippen MR) is 71.2 cm³/mol. The molecule has 5 nitrogen and oxygen atoms in total. The first kappa shape index (κ1) is 14.3. The summed E-state index contributed by atoms with van der Waals surface area (Å²) in [6, 6.07) is 4.44. The molecule has 1 aromatic carbocycles. The molecular formula is C12H10INO4. The molecule has 1 rings (SSSR count). The van der Waals surface area contributed by atoms with Crippen molar-refractivity contribution in [2.75, 3.05) is 0 Å². The predicted octanol–water partition coefficient (Wildman–Crippen LogP) is 1.51. The molecule has 1 N–H and O–H groups in total. The van der Waals surface area contributed by atoms with E-state index in [0.717, 1.165) is 0 Å². The molecule has 0 aliphatic rings. The Balaban J connectivity index is 3.36. The summed E-state index contributed by atoms with van der Waals surface area (Å²) >= 11 is -3.88. The molecule has 0 heterocycles. The molecule has 0 spiro atoms. The number of amides is 2. The number of carbonyl (C=O) groups excluding carboxylic acids is 2. The van der Waals surface area contributed by atoms with E-state index >= 15 is 0 Å². The number of nitrogens with one attached hydrogen (secondary N) is 1. The number of imide groups is 1. The van der Waals surface area contributed by atoms with Gasteiger partial charge in [0.25, 0.3) is 5.91 Å². The molecule has 0 atom stereocenters. The molecule has 0 aliphatic heterocycles. The van der Waals surface area contributed by atoms with Crippen LogP contribution in [0.15, 0.2) is 18.2 Å². The highest BCUT2D eigenvalue weighted by atomic mass is 127. The van der Waals surface area contributed by atoms with Gasteiger partial charge < -0.3 is 0 Å². The minimum atomic E-state index is -3.88. The van der Waals surface area contributed by atoms with Gasteiger partial charge in [-0.05, 0) is 11.6 Å². The fourth-order valence-corrected chi connectivity index (χ4v) is 3.25. The van der Waals surface area contributed by atoms with E-state index in [1.807, 2.05) is 5.32 Å². The van der Waals surface area contributed by atoms with E-state index in [1.165, 1.54) is 19.1 Å². The van der Waals surface area contributed by atoms with Crippen molar-refractivity contribution in [2.24, 2.45) is 0 Å². The Morgan fingerprint density at radius 3 is 2.56 bits per heavy atom. The monoisotopic (exact) mass is 359 g/mol. The van der Waals surface area contributed by atoms with E-state index in [9.17, 15) is 15.7 Å². The van der Waals surface area contributed by atoms with Crippen LogP contribution in [0.1, 0.15) is 22.8 Å². The highest BCUT2D eigenvalue weighted by molar-refractivity contribution is 14.2. The van der Waals surface area contributed by atoms with E-state index in [4.69, 9.17) is 6.42 Å². The van der Waals surface area contributed by atoms with Crippen LogP contribution in [-0.4, -0.2) is 11.8 Å². The number of halogens is 1. The summed E-state index contributed by atoms with van der Waals surface area (Å²) in [6.07, 6.45) is 5.27. The maximum absolute atomic E-state index is 11.7. The molecule has 0 saturated carbocycles. The molecular weight excluding hydrogens is 349 g/mol. The Bertz CT molecular complexity index is 603. The van der Waals surface area contributed by atoms with Crippen molar-refractivity contribution < 1.29 is 15.7 Å². The smallest absolute Gasteiger partial charge is 0.293 e. The van der Waals surface area contributed by atoms with Crippen molar-refractivity contribution in [1.82, 2.24) is 5.32 Å². The van der Waals surface area contributed by atoms with Gasteiger partial charge in [-0.3, -0.25) is 14.9 Å². The molecule has 0 aliphatic carbocycles. The van der Waals surface area contributed by atoms with Crippen molar-refractivity contribution in [3.63, 3.8) is 0 Å². The van der Waals surface area contributed by atoms with Crippen molar-refractivity contribution >= 4 is 31.6 Å². The molecule has 18 heavy (non-hydrogen) atoms. The molecule has 0 aromatic heterocycles. The highest BCUT2D eigenvalue weighted by Gasteiger charge is 2.18. The summed E-state index contributed by atoms with van der Waals surface area (Å²) in [5.74, 6) is 1.05. The van der Waals surface area contributed by atoms with Gasteiger partial charge >= 0.3 is 19.8 Å². The first-order valence-electron chi connectivity index (χ1n) is 4.90. The van der Waals surface area contributed by atoms with Gasteiger partial charge in [-0.25, -0.2) is 6.14 Å². The summed E-state index contributed by atoms with van der Waals surface area (Å²) in [6.45, 7) is 1.17. The van der Waals surface area contributed by atoms with E-state index in [0.29, 0.717) is 5.56 Å². The summed E-state index contributed by atoms with van der Waals surface area (Å²) in [5, 5.41) is 2.04. The Morgan fingerprint density at radius 2 is 2.06 bits per heavy atom. The van der Waals surface area contributed by atoms with Crippen LogP contribution in [0, 0.1) is 15.9 Å².